The lowest BCUT2D eigenvalue weighted by atomic mass is 9.95. The molecule has 2 rings (SSSR count). The van der Waals surface area contributed by atoms with Crippen LogP contribution in [0.4, 0.5) is 5.69 Å². The Balaban J connectivity index is 2.37. The Labute approximate surface area is 122 Å². The van der Waals surface area contributed by atoms with Gasteiger partial charge >= 0.3 is 0 Å². The number of carbonyl (C=O) groups excluding carboxylic acids is 1. The average molecular weight is 294 g/mol. The highest BCUT2D eigenvalue weighted by Gasteiger charge is 2.20. The molecule has 0 radical (unpaired) electrons. The largest absolute Gasteiger partial charge is 0.398 e. The molecule has 0 aliphatic rings. The molecule has 0 aliphatic carbocycles. The molecule has 0 saturated carbocycles. The summed E-state index contributed by atoms with van der Waals surface area (Å²) in [5.41, 5.74) is 6.83. The smallest absolute Gasteiger partial charge is 0.205 e. The molecular formula is C15H16ClNOS. The number of hydrogen-bond donors (Lipinski definition) is 1. The normalized spacial score (nSPS) is 11.6. The van der Waals surface area contributed by atoms with Crippen LogP contribution < -0.4 is 5.73 Å². The van der Waals surface area contributed by atoms with Crippen LogP contribution in [0.2, 0.25) is 5.02 Å². The zero-order valence-electron chi connectivity index (χ0n) is 11.2. The Morgan fingerprint density at radius 3 is 2.42 bits per heavy atom. The van der Waals surface area contributed by atoms with Gasteiger partial charge in [0.05, 0.1) is 4.88 Å². The fourth-order valence-electron chi connectivity index (χ4n) is 1.74. The molecule has 0 atom stereocenters. The Morgan fingerprint density at radius 2 is 1.89 bits per heavy atom. The Bertz CT molecular complexity index is 625. The number of hydrogen-bond acceptors (Lipinski definition) is 3. The number of anilines is 1. The molecule has 2 nitrogen and oxygen atoms in total. The number of benzene rings is 1. The summed E-state index contributed by atoms with van der Waals surface area (Å²) < 4.78 is 0. The summed E-state index contributed by atoms with van der Waals surface area (Å²) in [6.45, 7) is 6.39. The lowest BCUT2D eigenvalue weighted by molar-refractivity contribution is 0.104. The van der Waals surface area contributed by atoms with Crippen LogP contribution in [0.5, 0.6) is 0 Å². The monoisotopic (exact) mass is 293 g/mol. The molecule has 2 aromatic rings. The molecule has 0 amide bonds. The fourth-order valence-corrected chi connectivity index (χ4v) is 2.93. The molecule has 1 heterocycles. The molecule has 0 saturated heterocycles. The first-order chi connectivity index (χ1) is 8.79. The quantitative estimate of drug-likeness (QED) is 0.654. The molecule has 2 N–H and O–H groups in total. The van der Waals surface area contributed by atoms with Crippen molar-refractivity contribution in [3.05, 3.63) is 50.7 Å². The van der Waals surface area contributed by atoms with E-state index in [1.165, 1.54) is 16.2 Å². The standard InChI is InChI=1S/C15H16ClNOS/c1-15(2,3)13-7-6-12(19-13)14(18)10-5-4-9(16)8-11(10)17/h4-8H,17H2,1-3H3. The summed E-state index contributed by atoms with van der Waals surface area (Å²) in [4.78, 5) is 14.3. The molecule has 1 aromatic heterocycles. The number of nitrogen functional groups attached to an aromatic ring is 1. The topological polar surface area (TPSA) is 43.1 Å². The van der Waals surface area contributed by atoms with Gasteiger partial charge in [-0.05, 0) is 35.7 Å². The SMILES string of the molecule is CC(C)(C)c1ccc(C(=O)c2ccc(Cl)cc2N)s1. The van der Waals surface area contributed by atoms with Gasteiger partial charge in [-0.15, -0.1) is 11.3 Å². The highest BCUT2D eigenvalue weighted by atomic mass is 35.5. The molecule has 4 heteroatoms. The Hall–Kier alpha value is -1.32. The van der Waals surface area contributed by atoms with Gasteiger partial charge in [0.2, 0.25) is 5.78 Å². The van der Waals surface area contributed by atoms with Crippen molar-refractivity contribution in [2.75, 3.05) is 5.73 Å². The molecule has 0 fully saturated rings. The molecule has 0 aliphatic heterocycles. The van der Waals surface area contributed by atoms with E-state index >= 15 is 0 Å². The first-order valence-electron chi connectivity index (χ1n) is 5.99. The number of nitrogens with two attached hydrogens (primary N) is 1. The van der Waals surface area contributed by atoms with Gasteiger partial charge in [-0.25, -0.2) is 0 Å². The predicted molar refractivity (Wildman–Crippen MR) is 82.3 cm³/mol. The predicted octanol–water partition coefficient (Wildman–Crippen LogP) is 4.51. The van der Waals surface area contributed by atoms with Crippen molar-refractivity contribution in [3.63, 3.8) is 0 Å². The van der Waals surface area contributed by atoms with Crippen molar-refractivity contribution in [2.24, 2.45) is 0 Å². The van der Waals surface area contributed by atoms with E-state index in [4.69, 9.17) is 17.3 Å². The summed E-state index contributed by atoms with van der Waals surface area (Å²) >= 11 is 7.36. The first kappa shape index (κ1) is 14.1. The highest BCUT2D eigenvalue weighted by Crippen LogP contribution is 2.31. The van der Waals surface area contributed by atoms with Crippen LogP contribution in [0.3, 0.4) is 0 Å². The van der Waals surface area contributed by atoms with E-state index in [0.29, 0.717) is 21.2 Å². The van der Waals surface area contributed by atoms with Gasteiger partial charge in [-0.3, -0.25) is 4.79 Å². The van der Waals surface area contributed by atoms with Crippen molar-refractivity contribution in [2.45, 2.75) is 26.2 Å². The molecule has 0 bridgehead atoms. The fraction of sp³-hybridized carbons (Fsp3) is 0.267. The van der Waals surface area contributed by atoms with Gasteiger partial charge in [0, 0.05) is 21.2 Å². The third-order valence-electron chi connectivity index (χ3n) is 2.83. The molecule has 0 unspecified atom stereocenters. The number of rotatable bonds is 2. The van der Waals surface area contributed by atoms with Crippen LogP contribution >= 0.6 is 22.9 Å². The zero-order valence-corrected chi connectivity index (χ0v) is 12.7. The second kappa shape index (κ2) is 4.99. The first-order valence-corrected chi connectivity index (χ1v) is 7.18. The minimum atomic E-state index is -0.0466. The van der Waals surface area contributed by atoms with Crippen LogP contribution in [-0.4, -0.2) is 5.78 Å². The van der Waals surface area contributed by atoms with Gasteiger partial charge in [0.15, 0.2) is 0 Å². The maximum atomic E-state index is 12.4. The lowest BCUT2D eigenvalue weighted by Gasteiger charge is -2.15. The second-order valence-electron chi connectivity index (χ2n) is 5.47. The van der Waals surface area contributed by atoms with E-state index in [1.54, 1.807) is 18.2 Å². The minimum Gasteiger partial charge on any atom is -0.398 e. The van der Waals surface area contributed by atoms with E-state index in [2.05, 4.69) is 20.8 Å². The van der Waals surface area contributed by atoms with Crippen LogP contribution in [0.25, 0.3) is 0 Å². The van der Waals surface area contributed by atoms with Gasteiger partial charge < -0.3 is 5.73 Å². The summed E-state index contributed by atoms with van der Waals surface area (Å²) in [6.07, 6.45) is 0. The minimum absolute atomic E-state index is 0.0466. The summed E-state index contributed by atoms with van der Waals surface area (Å²) in [5, 5.41) is 0.538. The van der Waals surface area contributed by atoms with Crippen molar-refractivity contribution in [1.82, 2.24) is 0 Å². The number of thiophene rings is 1. The molecule has 1 aromatic carbocycles. The van der Waals surface area contributed by atoms with E-state index in [1.807, 2.05) is 12.1 Å². The van der Waals surface area contributed by atoms with Crippen LogP contribution in [-0.2, 0) is 5.41 Å². The molecule has 0 spiro atoms. The van der Waals surface area contributed by atoms with Crippen molar-refractivity contribution < 1.29 is 4.79 Å². The third-order valence-corrected chi connectivity index (χ3v) is 4.57. The summed E-state index contributed by atoms with van der Waals surface area (Å²) in [5.74, 6) is -0.0466. The van der Waals surface area contributed by atoms with E-state index < -0.39 is 0 Å². The van der Waals surface area contributed by atoms with Gasteiger partial charge in [0.1, 0.15) is 0 Å². The van der Waals surface area contributed by atoms with Crippen LogP contribution in [0, 0.1) is 0 Å². The molecule has 100 valence electrons. The average Bonchev–Trinajstić information content (AvgIpc) is 2.76. The van der Waals surface area contributed by atoms with E-state index in [0.717, 1.165) is 0 Å². The maximum Gasteiger partial charge on any atom is 0.205 e. The van der Waals surface area contributed by atoms with Crippen LogP contribution in [0.15, 0.2) is 30.3 Å². The van der Waals surface area contributed by atoms with Crippen molar-refractivity contribution >= 4 is 34.4 Å². The number of ketones is 1. The summed E-state index contributed by atoms with van der Waals surface area (Å²) in [6, 6.07) is 8.83. The third kappa shape index (κ3) is 2.99. The van der Waals surface area contributed by atoms with Crippen molar-refractivity contribution in [3.8, 4) is 0 Å². The van der Waals surface area contributed by atoms with Gasteiger partial charge in [-0.2, -0.15) is 0 Å². The van der Waals surface area contributed by atoms with E-state index in [9.17, 15) is 4.79 Å². The maximum absolute atomic E-state index is 12.4. The van der Waals surface area contributed by atoms with Crippen molar-refractivity contribution in [1.29, 1.82) is 0 Å². The van der Waals surface area contributed by atoms with E-state index in [-0.39, 0.29) is 11.2 Å². The number of halogens is 1. The Morgan fingerprint density at radius 1 is 1.21 bits per heavy atom. The van der Waals surface area contributed by atoms with Crippen LogP contribution in [0.1, 0.15) is 40.9 Å². The van der Waals surface area contributed by atoms with Gasteiger partial charge in [-0.1, -0.05) is 32.4 Å². The molecule has 19 heavy (non-hydrogen) atoms. The molecular weight excluding hydrogens is 278 g/mol. The number of carbonyl (C=O) groups is 1. The highest BCUT2D eigenvalue weighted by molar-refractivity contribution is 7.14. The lowest BCUT2D eigenvalue weighted by Crippen LogP contribution is -2.08. The van der Waals surface area contributed by atoms with Gasteiger partial charge in [0.25, 0.3) is 0 Å². The second-order valence-corrected chi connectivity index (χ2v) is 6.99. The summed E-state index contributed by atoms with van der Waals surface area (Å²) in [7, 11) is 0. The zero-order chi connectivity index (χ0) is 14.2. The Kier molecular flexibility index (Phi) is 3.70.